The Kier molecular flexibility index (Phi) is 6.37. The van der Waals surface area contributed by atoms with Crippen LogP contribution in [0.3, 0.4) is 0 Å². The van der Waals surface area contributed by atoms with E-state index >= 15 is 0 Å². The molecule has 0 spiro atoms. The molecular weight excluding hydrogens is 348 g/mol. The first-order valence-electron chi connectivity index (χ1n) is 8.28. The number of hydrogen-bond donors (Lipinski definition) is 2. The fourth-order valence-corrected chi connectivity index (χ4v) is 2.10. The van der Waals surface area contributed by atoms with E-state index in [2.05, 4.69) is 15.8 Å². The lowest BCUT2D eigenvalue weighted by atomic mass is 10.1. The predicted octanol–water partition coefficient (Wildman–Crippen LogP) is 3.34. The van der Waals surface area contributed by atoms with Crippen molar-refractivity contribution in [3.63, 3.8) is 0 Å². The number of nitrogens with zero attached hydrogens (tertiary/aromatic N) is 2. The SMILES string of the molecule is CC(=NNC(=O)c1ccc(NC(=O)C(C)C)cc1)c1cccc([N+](=O)[O-])c1. The molecule has 0 unspecified atom stereocenters. The van der Waals surface area contributed by atoms with Crippen LogP contribution in [0.1, 0.15) is 36.7 Å². The lowest BCUT2D eigenvalue weighted by Gasteiger charge is -2.08. The van der Waals surface area contributed by atoms with Crippen molar-refractivity contribution in [1.82, 2.24) is 5.43 Å². The van der Waals surface area contributed by atoms with Crippen LogP contribution in [0.15, 0.2) is 53.6 Å². The van der Waals surface area contributed by atoms with Crippen molar-refractivity contribution in [3.8, 4) is 0 Å². The number of anilines is 1. The Morgan fingerprint density at radius 2 is 1.74 bits per heavy atom. The van der Waals surface area contributed by atoms with Crippen molar-refractivity contribution in [2.24, 2.45) is 11.0 Å². The summed E-state index contributed by atoms with van der Waals surface area (Å²) in [6.07, 6.45) is 0. The molecule has 0 saturated carbocycles. The number of carbonyl (C=O) groups is 2. The van der Waals surface area contributed by atoms with Gasteiger partial charge in [-0.1, -0.05) is 26.0 Å². The van der Waals surface area contributed by atoms with Gasteiger partial charge >= 0.3 is 0 Å². The predicted molar refractivity (Wildman–Crippen MR) is 103 cm³/mol. The summed E-state index contributed by atoms with van der Waals surface area (Å²) in [6.45, 7) is 5.22. The van der Waals surface area contributed by atoms with Crippen molar-refractivity contribution in [3.05, 3.63) is 69.8 Å². The van der Waals surface area contributed by atoms with E-state index in [0.717, 1.165) is 0 Å². The van der Waals surface area contributed by atoms with Crippen molar-refractivity contribution in [2.45, 2.75) is 20.8 Å². The van der Waals surface area contributed by atoms with E-state index in [1.165, 1.54) is 12.1 Å². The molecule has 2 N–H and O–H groups in total. The lowest BCUT2D eigenvalue weighted by Crippen LogP contribution is -2.20. The molecule has 0 radical (unpaired) electrons. The third kappa shape index (κ3) is 5.46. The van der Waals surface area contributed by atoms with Crippen LogP contribution in [-0.4, -0.2) is 22.4 Å². The number of carbonyl (C=O) groups excluding carboxylic acids is 2. The first kappa shape index (κ1) is 19.8. The molecule has 2 aromatic rings. The molecule has 0 saturated heterocycles. The van der Waals surface area contributed by atoms with Gasteiger partial charge in [-0.15, -0.1) is 0 Å². The third-order valence-corrected chi connectivity index (χ3v) is 3.74. The fourth-order valence-electron chi connectivity index (χ4n) is 2.10. The standard InChI is InChI=1S/C19H20N4O4/c1-12(2)18(24)20-16-9-7-14(8-10-16)19(25)22-21-13(3)15-5-4-6-17(11-15)23(26)27/h4-12H,1-3H3,(H,20,24)(H,22,25). The Balaban J connectivity index is 2.04. The van der Waals surface area contributed by atoms with Gasteiger partial charge in [-0.2, -0.15) is 5.10 Å². The summed E-state index contributed by atoms with van der Waals surface area (Å²) in [5, 5.41) is 17.6. The van der Waals surface area contributed by atoms with E-state index in [0.29, 0.717) is 22.5 Å². The number of nitrogens with one attached hydrogen (secondary N) is 2. The van der Waals surface area contributed by atoms with E-state index in [1.54, 1.807) is 57.2 Å². The summed E-state index contributed by atoms with van der Waals surface area (Å²) in [4.78, 5) is 34.2. The maximum Gasteiger partial charge on any atom is 0.271 e. The van der Waals surface area contributed by atoms with Gasteiger partial charge in [0.05, 0.1) is 10.6 Å². The van der Waals surface area contributed by atoms with Crippen LogP contribution in [0, 0.1) is 16.0 Å². The molecule has 2 rings (SSSR count). The van der Waals surface area contributed by atoms with Crippen molar-refractivity contribution < 1.29 is 14.5 Å². The van der Waals surface area contributed by atoms with Gasteiger partial charge in [-0.25, -0.2) is 5.43 Å². The zero-order chi connectivity index (χ0) is 20.0. The van der Waals surface area contributed by atoms with Gasteiger partial charge in [0.2, 0.25) is 5.91 Å². The Labute approximate surface area is 156 Å². The van der Waals surface area contributed by atoms with Crippen LogP contribution in [0.5, 0.6) is 0 Å². The second kappa shape index (κ2) is 8.70. The second-order valence-corrected chi connectivity index (χ2v) is 6.17. The van der Waals surface area contributed by atoms with Gasteiger partial charge in [-0.3, -0.25) is 19.7 Å². The van der Waals surface area contributed by atoms with Crippen molar-refractivity contribution in [2.75, 3.05) is 5.32 Å². The van der Waals surface area contributed by atoms with Crippen LogP contribution in [-0.2, 0) is 4.79 Å². The molecule has 0 heterocycles. The number of benzene rings is 2. The minimum Gasteiger partial charge on any atom is -0.326 e. The average Bonchev–Trinajstić information content (AvgIpc) is 2.66. The molecule has 0 aromatic heterocycles. The van der Waals surface area contributed by atoms with E-state index in [4.69, 9.17) is 0 Å². The Morgan fingerprint density at radius 3 is 2.33 bits per heavy atom. The number of hydrogen-bond acceptors (Lipinski definition) is 5. The molecule has 0 aliphatic heterocycles. The summed E-state index contributed by atoms with van der Waals surface area (Å²) in [5.74, 6) is -0.676. The number of nitro groups is 1. The van der Waals surface area contributed by atoms with Crippen molar-refractivity contribution in [1.29, 1.82) is 0 Å². The molecule has 2 amide bonds. The highest BCUT2D eigenvalue weighted by Crippen LogP contribution is 2.14. The highest BCUT2D eigenvalue weighted by Gasteiger charge is 2.10. The molecule has 27 heavy (non-hydrogen) atoms. The number of non-ortho nitro benzene ring substituents is 1. The van der Waals surface area contributed by atoms with Crippen LogP contribution >= 0.6 is 0 Å². The number of amides is 2. The summed E-state index contributed by atoms with van der Waals surface area (Å²) in [6, 6.07) is 12.4. The van der Waals surface area contributed by atoms with E-state index in [9.17, 15) is 19.7 Å². The minimum absolute atomic E-state index is 0.0487. The molecule has 0 atom stereocenters. The fraction of sp³-hybridized carbons (Fsp3) is 0.211. The van der Waals surface area contributed by atoms with Crippen LogP contribution in [0.4, 0.5) is 11.4 Å². The first-order chi connectivity index (χ1) is 12.8. The molecule has 0 fully saturated rings. The zero-order valence-electron chi connectivity index (χ0n) is 15.2. The van der Waals surface area contributed by atoms with E-state index < -0.39 is 10.8 Å². The van der Waals surface area contributed by atoms with Gasteiger partial charge in [0, 0.05) is 34.9 Å². The molecule has 8 heteroatoms. The van der Waals surface area contributed by atoms with Gasteiger partial charge in [0.1, 0.15) is 0 Å². The van der Waals surface area contributed by atoms with Gasteiger partial charge in [0.25, 0.3) is 11.6 Å². The summed E-state index contributed by atoms with van der Waals surface area (Å²) >= 11 is 0. The molecule has 0 aliphatic rings. The molecule has 0 bridgehead atoms. The Morgan fingerprint density at radius 1 is 1.07 bits per heavy atom. The Bertz CT molecular complexity index is 889. The lowest BCUT2D eigenvalue weighted by molar-refractivity contribution is -0.384. The van der Waals surface area contributed by atoms with Gasteiger partial charge in [0.15, 0.2) is 0 Å². The third-order valence-electron chi connectivity index (χ3n) is 3.74. The van der Waals surface area contributed by atoms with Crippen LogP contribution < -0.4 is 10.7 Å². The number of hydrazone groups is 1. The topological polar surface area (TPSA) is 114 Å². The average molecular weight is 368 g/mol. The highest BCUT2D eigenvalue weighted by atomic mass is 16.6. The molecule has 2 aromatic carbocycles. The molecular formula is C19H20N4O4. The highest BCUT2D eigenvalue weighted by molar-refractivity contribution is 6.01. The quantitative estimate of drug-likeness (QED) is 0.462. The van der Waals surface area contributed by atoms with Gasteiger partial charge < -0.3 is 5.32 Å². The summed E-state index contributed by atoms with van der Waals surface area (Å²) in [5.41, 5.74) is 4.31. The zero-order valence-corrected chi connectivity index (χ0v) is 15.2. The van der Waals surface area contributed by atoms with E-state index in [-0.39, 0.29) is 17.5 Å². The summed E-state index contributed by atoms with van der Waals surface area (Å²) in [7, 11) is 0. The van der Waals surface area contributed by atoms with Crippen LogP contribution in [0.2, 0.25) is 0 Å². The maximum atomic E-state index is 12.2. The summed E-state index contributed by atoms with van der Waals surface area (Å²) < 4.78 is 0. The van der Waals surface area contributed by atoms with E-state index in [1.807, 2.05) is 0 Å². The smallest absolute Gasteiger partial charge is 0.271 e. The minimum atomic E-state index is -0.491. The Hall–Kier alpha value is -3.55. The first-order valence-corrected chi connectivity index (χ1v) is 8.28. The molecule has 8 nitrogen and oxygen atoms in total. The second-order valence-electron chi connectivity index (χ2n) is 6.17. The number of rotatable bonds is 6. The van der Waals surface area contributed by atoms with Gasteiger partial charge in [-0.05, 0) is 31.2 Å². The number of nitro benzene ring substituents is 1. The maximum absolute atomic E-state index is 12.2. The normalized spacial score (nSPS) is 11.2. The van der Waals surface area contributed by atoms with Crippen molar-refractivity contribution >= 4 is 28.9 Å². The molecule has 140 valence electrons. The van der Waals surface area contributed by atoms with Crippen LogP contribution in [0.25, 0.3) is 0 Å². The largest absolute Gasteiger partial charge is 0.326 e. The molecule has 0 aliphatic carbocycles. The monoisotopic (exact) mass is 368 g/mol.